The molecule has 1 N–H and O–H groups in total. The molecule has 112 valence electrons. The minimum atomic E-state index is -0.317. The van der Waals surface area contributed by atoms with Crippen LogP contribution in [0.1, 0.15) is 33.3 Å². The lowest BCUT2D eigenvalue weighted by molar-refractivity contribution is -0.123. The number of carbonyl (C=O) groups is 1. The zero-order valence-corrected chi connectivity index (χ0v) is 13.8. The third-order valence-electron chi connectivity index (χ3n) is 3.27. The minimum absolute atomic E-state index is 0.200. The van der Waals surface area contributed by atoms with Crippen LogP contribution in [-0.2, 0) is 11.2 Å². The van der Waals surface area contributed by atoms with E-state index in [0.717, 1.165) is 17.8 Å². The van der Waals surface area contributed by atoms with Crippen molar-refractivity contribution in [2.45, 2.75) is 39.3 Å². The molecule has 0 fully saturated rings. The molecule has 0 bridgehead atoms. The molecule has 0 saturated carbocycles. The van der Waals surface area contributed by atoms with Crippen LogP contribution in [0.3, 0.4) is 0 Å². The summed E-state index contributed by atoms with van der Waals surface area (Å²) in [5, 5.41) is 7.71. The Kier molecular flexibility index (Phi) is 4.83. The molecular formula is C16H21N3OS. The number of carbonyl (C=O) groups excluding carboxylic acids is 1. The largest absolute Gasteiger partial charge is 0.298 e. The number of aromatic nitrogens is 3. The summed E-state index contributed by atoms with van der Waals surface area (Å²) in [6.45, 7) is 7.90. The summed E-state index contributed by atoms with van der Waals surface area (Å²) in [7, 11) is 0. The highest BCUT2D eigenvalue weighted by Gasteiger charge is 2.21. The highest BCUT2D eigenvalue weighted by atomic mass is 32.2. The molecule has 1 aromatic carbocycles. The van der Waals surface area contributed by atoms with Gasteiger partial charge in [-0.15, -0.1) is 5.10 Å². The molecule has 0 saturated heterocycles. The molecule has 5 heteroatoms. The van der Waals surface area contributed by atoms with Crippen molar-refractivity contribution in [3.8, 4) is 11.4 Å². The van der Waals surface area contributed by atoms with E-state index in [1.54, 1.807) is 0 Å². The van der Waals surface area contributed by atoms with Crippen LogP contribution in [-0.4, -0.2) is 26.7 Å². The maximum atomic E-state index is 11.9. The number of nitrogens with zero attached hydrogens (tertiary/aromatic N) is 2. The number of hydrogen-bond acceptors (Lipinski definition) is 4. The van der Waals surface area contributed by atoms with E-state index in [0.29, 0.717) is 10.9 Å². The number of nitrogens with one attached hydrogen (secondary N) is 1. The van der Waals surface area contributed by atoms with E-state index in [-0.39, 0.29) is 11.2 Å². The monoisotopic (exact) mass is 303 g/mol. The molecule has 1 aromatic heterocycles. The summed E-state index contributed by atoms with van der Waals surface area (Å²) < 4.78 is 0. The molecule has 1 heterocycles. The first kappa shape index (κ1) is 15.8. The van der Waals surface area contributed by atoms with Gasteiger partial charge < -0.3 is 0 Å². The standard InChI is InChI=1S/C16H21N3OS/c1-5-11-6-8-12(9-7-11)14-17-15(19-18-14)21-10-13(20)16(2,3)4/h6-9H,5,10H2,1-4H3,(H,17,18,19). The molecule has 0 spiro atoms. The van der Waals surface area contributed by atoms with E-state index in [9.17, 15) is 4.79 Å². The van der Waals surface area contributed by atoms with Crippen molar-refractivity contribution in [1.29, 1.82) is 0 Å². The first-order valence-electron chi connectivity index (χ1n) is 7.08. The fourth-order valence-electron chi connectivity index (χ4n) is 1.68. The number of aromatic amines is 1. The maximum Gasteiger partial charge on any atom is 0.209 e. The number of benzene rings is 1. The Hall–Kier alpha value is -1.62. The van der Waals surface area contributed by atoms with Crippen molar-refractivity contribution >= 4 is 17.5 Å². The van der Waals surface area contributed by atoms with Gasteiger partial charge in [0.05, 0.1) is 5.75 Å². The molecule has 2 aromatic rings. The molecule has 0 aliphatic carbocycles. The summed E-state index contributed by atoms with van der Waals surface area (Å²) in [6.07, 6.45) is 1.02. The first-order valence-corrected chi connectivity index (χ1v) is 8.06. The van der Waals surface area contributed by atoms with Crippen LogP contribution in [0.25, 0.3) is 11.4 Å². The van der Waals surface area contributed by atoms with Crippen LogP contribution < -0.4 is 0 Å². The Morgan fingerprint density at radius 1 is 1.24 bits per heavy atom. The summed E-state index contributed by atoms with van der Waals surface area (Å²) in [5.74, 6) is 1.34. The summed E-state index contributed by atoms with van der Waals surface area (Å²) in [4.78, 5) is 16.3. The smallest absolute Gasteiger partial charge is 0.209 e. The van der Waals surface area contributed by atoms with Crippen LogP contribution in [0, 0.1) is 5.41 Å². The number of rotatable bonds is 5. The Bertz CT molecular complexity index is 611. The lowest BCUT2D eigenvalue weighted by Crippen LogP contribution is -2.22. The maximum absolute atomic E-state index is 11.9. The van der Waals surface area contributed by atoms with Gasteiger partial charge >= 0.3 is 0 Å². The van der Waals surface area contributed by atoms with Gasteiger partial charge in [-0.25, -0.2) is 4.98 Å². The molecule has 21 heavy (non-hydrogen) atoms. The predicted molar refractivity (Wildman–Crippen MR) is 86.4 cm³/mol. The highest BCUT2D eigenvalue weighted by Crippen LogP contribution is 2.23. The summed E-state index contributed by atoms with van der Waals surface area (Å²) in [5.41, 5.74) is 1.99. The van der Waals surface area contributed by atoms with E-state index >= 15 is 0 Å². The van der Waals surface area contributed by atoms with Gasteiger partial charge in [-0.3, -0.25) is 9.89 Å². The number of hydrogen-bond donors (Lipinski definition) is 1. The fourth-order valence-corrected chi connectivity index (χ4v) is 2.64. The van der Waals surface area contributed by atoms with Gasteiger partial charge in [0.25, 0.3) is 0 Å². The van der Waals surface area contributed by atoms with E-state index in [1.165, 1.54) is 17.3 Å². The third-order valence-corrected chi connectivity index (χ3v) is 4.12. The normalized spacial score (nSPS) is 11.6. The molecule has 0 atom stereocenters. The van der Waals surface area contributed by atoms with Crippen molar-refractivity contribution < 1.29 is 4.79 Å². The van der Waals surface area contributed by atoms with Crippen molar-refractivity contribution in [1.82, 2.24) is 15.2 Å². The highest BCUT2D eigenvalue weighted by molar-refractivity contribution is 7.99. The van der Waals surface area contributed by atoms with E-state index < -0.39 is 0 Å². The second kappa shape index (κ2) is 6.43. The molecule has 4 nitrogen and oxygen atoms in total. The van der Waals surface area contributed by atoms with Crippen LogP contribution in [0.5, 0.6) is 0 Å². The molecule has 0 amide bonds. The Morgan fingerprint density at radius 2 is 1.90 bits per heavy atom. The number of aryl methyl sites for hydroxylation is 1. The predicted octanol–water partition coefficient (Wildman–Crippen LogP) is 3.74. The van der Waals surface area contributed by atoms with Crippen LogP contribution >= 0.6 is 11.8 Å². The van der Waals surface area contributed by atoms with Gasteiger partial charge in [-0.1, -0.05) is 63.7 Å². The van der Waals surface area contributed by atoms with E-state index in [4.69, 9.17) is 0 Å². The number of Topliss-reactive ketones (excluding diaryl/α,β-unsaturated/α-hetero) is 1. The Labute approximate surface area is 129 Å². The second-order valence-corrected chi connectivity index (χ2v) is 6.92. The molecular weight excluding hydrogens is 282 g/mol. The lowest BCUT2D eigenvalue weighted by atomic mass is 9.92. The van der Waals surface area contributed by atoms with Crippen molar-refractivity contribution in [2.75, 3.05) is 5.75 Å². The molecule has 0 aliphatic heterocycles. The van der Waals surface area contributed by atoms with Crippen LogP contribution in [0.4, 0.5) is 0 Å². The molecule has 0 radical (unpaired) electrons. The molecule has 2 rings (SSSR count). The van der Waals surface area contributed by atoms with Crippen molar-refractivity contribution in [3.05, 3.63) is 29.8 Å². The van der Waals surface area contributed by atoms with Gasteiger partial charge in [-0.05, 0) is 12.0 Å². The van der Waals surface area contributed by atoms with Gasteiger partial charge in [-0.2, -0.15) is 0 Å². The quantitative estimate of drug-likeness (QED) is 0.855. The average molecular weight is 303 g/mol. The van der Waals surface area contributed by atoms with Gasteiger partial charge in [0, 0.05) is 11.0 Å². The zero-order chi connectivity index (χ0) is 15.5. The van der Waals surface area contributed by atoms with Crippen molar-refractivity contribution in [3.63, 3.8) is 0 Å². The SMILES string of the molecule is CCc1ccc(-c2nc(SCC(=O)C(C)(C)C)n[nH]2)cc1. The average Bonchev–Trinajstić information content (AvgIpc) is 2.92. The minimum Gasteiger partial charge on any atom is -0.298 e. The summed E-state index contributed by atoms with van der Waals surface area (Å²) >= 11 is 1.38. The first-order chi connectivity index (χ1) is 9.90. The number of H-pyrrole nitrogens is 1. The van der Waals surface area contributed by atoms with Gasteiger partial charge in [0.1, 0.15) is 5.78 Å². The molecule has 0 unspecified atom stereocenters. The lowest BCUT2D eigenvalue weighted by Gasteiger charge is -2.15. The summed E-state index contributed by atoms with van der Waals surface area (Å²) in [6, 6.07) is 8.25. The molecule has 0 aliphatic rings. The van der Waals surface area contributed by atoms with Crippen LogP contribution in [0.15, 0.2) is 29.4 Å². The Morgan fingerprint density at radius 3 is 2.48 bits per heavy atom. The second-order valence-electron chi connectivity index (χ2n) is 5.98. The van der Waals surface area contributed by atoms with Crippen molar-refractivity contribution in [2.24, 2.45) is 5.41 Å². The number of thioether (sulfide) groups is 1. The van der Waals surface area contributed by atoms with Crippen LogP contribution in [0.2, 0.25) is 0 Å². The Balaban J connectivity index is 2.02. The topological polar surface area (TPSA) is 58.6 Å². The zero-order valence-electron chi connectivity index (χ0n) is 12.9. The van der Waals surface area contributed by atoms with Gasteiger partial charge in [0.15, 0.2) is 5.82 Å². The van der Waals surface area contributed by atoms with E-state index in [2.05, 4.69) is 34.2 Å². The van der Waals surface area contributed by atoms with Gasteiger partial charge in [0.2, 0.25) is 5.16 Å². The fraction of sp³-hybridized carbons (Fsp3) is 0.438. The third kappa shape index (κ3) is 4.17. The van der Waals surface area contributed by atoms with E-state index in [1.807, 2.05) is 32.9 Å². The number of ketones is 1.